The number of hydrogen-bond acceptors (Lipinski definition) is 6. The van der Waals surface area contributed by atoms with Gasteiger partial charge in [-0.05, 0) is 62.2 Å². The fourth-order valence-corrected chi connectivity index (χ4v) is 4.47. The molecule has 1 aliphatic rings. The maximum absolute atomic E-state index is 13.1. The van der Waals surface area contributed by atoms with E-state index in [-0.39, 0.29) is 24.5 Å². The van der Waals surface area contributed by atoms with Gasteiger partial charge in [0.1, 0.15) is 0 Å². The van der Waals surface area contributed by atoms with Crippen LogP contribution in [0.3, 0.4) is 0 Å². The molecular weight excluding hydrogens is 466 g/mol. The van der Waals surface area contributed by atoms with E-state index in [1.165, 1.54) is 0 Å². The van der Waals surface area contributed by atoms with Gasteiger partial charge in [0, 0.05) is 49.5 Å². The van der Waals surface area contributed by atoms with Gasteiger partial charge in [-0.15, -0.1) is 0 Å². The van der Waals surface area contributed by atoms with Crippen LogP contribution in [0, 0.1) is 0 Å². The normalized spacial score (nSPS) is 14.4. The van der Waals surface area contributed by atoms with E-state index < -0.39 is 0 Å². The van der Waals surface area contributed by atoms with E-state index in [0.29, 0.717) is 49.8 Å². The summed E-state index contributed by atoms with van der Waals surface area (Å²) in [6.07, 6.45) is 2.33. The number of anilines is 2. The Labute approximate surface area is 218 Å². The van der Waals surface area contributed by atoms with Crippen molar-refractivity contribution in [2.75, 3.05) is 43.0 Å². The third-order valence-electron chi connectivity index (χ3n) is 6.37. The Hall–Kier alpha value is -3.91. The van der Waals surface area contributed by atoms with Gasteiger partial charge in [0.05, 0.1) is 18.3 Å². The molecule has 0 unspecified atom stereocenters. The van der Waals surface area contributed by atoms with Crippen molar-refractivity contribution < 1.29 is 14.7 Å². The smallest absolute Gasteiger partial charge is 0.253 e. The molecule has 0 radical (unpaired) electrons. The Morgan fingerprint density at radius 3 is 2.24 bits per heavy atom. The lowest BCUT2D eigenvalue weighted by atomic mass is 10.1. The van der Waals surface area contributed by atoms with Crippen molar-refractivity contribution in [2.45, 2.75) is 32.4 Å². The second kappa shape index (κ2) is 12.4. The summed E-state index contributed by atoms with van der Waals surface area (Å²) in [6, 6.07) is 20.3. The van der Waals surface area contributed by atoms with Crippen molar-refractivity contribution in [3.8, 4) is 0 Å². The number of amides is 2. The maximum atomic E-state index is 13.1. The molecule has 4 rings (SSSR count). The lowest BCUT2D eigenvalue weighted by Crippen LogP contribution is -2.49. The third-order valence-corrected chi connectivity index (χ3v) is 6.37. The van der Waals surface area contributed by atoms with Crippen LogP contribution in [0.2, 0.25) is 0 Å². The zero-order valence-corrected chi connectivity index (χ0v) is 21.4. The average molecular weight is 502 g/mol. The van der Waals surface area contributed by atoms with Gasteiger partial charge in [-0.25, -0.2) is 4.98 Å². The van der Waals surface area contributed by atoms with Crippen molar-refractivity contribution >= 4 is 23.3 Å². The van der Waals surface area contributed by atoms with E-state index in [9.17, 15) is 14.7 Å². The minimum absolute atomic E-state index is 0.0505. The molecule has 1 fully saturated rings. The Kier molecular flexibility index (Phi) is 8.74. The average Bonchev–Trinajstić information content (AvgIpc) is 2.93. The van der Waals surface area contributed by atoms with Crippen LogP contribution in [0.25, 0.3) is 0 Å². The highest BCUT2D eigenvalue weighted by molar-refractivity contribution is 5.98. The fraction of sp³-hybridized carbons (Fsp3) is 0.345. The first kappa shape index (κ1) is 26.2. The molecule has 1 aromatic heterocycles. The van der Waals surface area contributed by atoms with Crippen LogP contribution in [-0.2, 0) is 6.42 Å². The van der Waals surface area contributed by atoms with Gasteiger partial charge >= 0.3 is 0 Å². The number of nitrogens with one attached hydrogen (secondary N) is 2. The number of carbonyl (C=O) groups is 2. The topological polar surface area (TPSA) is 97.8 Å². The minimum atomic E-state index is -0.386. The quantitative estimate of drug-likeness (QED) is 0.417. The summed E-state index contributed by atoms with van der Waals surface area (Å²) in [7, 11) is 0. The van der Waals surface area contributed by atoms with E-state index in [1.807, 2.05) is 47.4 Å². The van der Waals surface area contributed by atoms with Crippen molar-refractivity contribution in [2.24, 2.45) is 0 Å². The predicted octanol–water partition coefficient (Wildman–Crippen LogP) is 3.20. The lowest BCUT2D eigenvalue weighted by molar-refractivity contribution is 0.0746. The van der Waals surface area contributed by atoms with Crippen LogP contribution in [0.5, 0.6) is 0 Å². The molecule has 1 saturated heterocycles. The van der Waals surface area contributed by atoms with Crippen molar-refractivity contribution in [1.82, 2.24) is 15.2 Å². The maximum Gasteiger partial charge on any atom is 0.253 e. The molecule has 0 bridgehead atoms. The van der Waals surface area contributed by atoms with E-state index in [0.717, 1.165) is 17.1 Å². The van der Waals surface area contributed by atoms with Gasteiger partial charge in [-0.3, -0.25) is 9.59 Å². The van der Waals surface area contributed by atoms with Gasteiger partial charge in [-0.2, -0.15) is 0 Å². The molecular formula is C29H35N5O3. The first-order valence-electron chi connectivity index (χ1n) is 12.8. The summed E-state index contributed by atoms with van der Waals surface area (Å²) in [4.78, 5) is 34.4. The van der Waals surface area contributed by atoms with Crippen LogP contribution in [-0.4, -0.2) is 71.7 Å². The highest BCUT2D eigenvalue weighted by Gasteiger charge is 2.24. The number of piperazine rings is 1. The number of hydrogen-bond donors (Lipinski definition) is 3. The molecule has 1 atom stereocenters. The van der Waals surface area contributed by atoms with Crippen molar-refractivity contribution in [1.29, 1.82) is 0 Å². The second-order valence-corrected chi connectivity index (χ2v) is 9.57. The number of aromatic nitrogens is 1. The van der Waals surface area contributed by atoms with Gasteiger partial charge < -0.3 is 25.5 Å². The zero-order chi connectivity index (χ0) is 26.2. The molecule has 0 aliphatic carbocycles. The minimum Gasteiger partial charge on any atom is -0.394 e. The molecule has 2 amide bonds. The summed E-state index contributed by atoms with van der Waals surface area (Å²) in [6.45, 7) is 6.61. The number of aliphatic hydroxyl groups is 1. The predicted molar refractivity (Wildman–Crippen MR) is 146 cm³/mol. The Bertz CT molecular complexity index is 1180. The molecule has 3 aromatic rings. The van der Waals surface area contributed by atoms with Gasteiger partial charge in [0.2, 0.25) is 0 Å². The first-order valence-corrected chi connectivity index (χ1v) is 12.8. The summed E-state index contributed by atoms with van der Waals surface area (Å²) in [5.74, 6) is 0.585. The summed E-state index contributed by atoms with van der Waals surface area (Å²) in [5.41, 5.74) is 3.04. The standard InChI is InChI=1S/C29H35N5O3/c1-21(2)31-26-9-6-14-30-27(26)33-15-17-34(18-16-33)29(37)24-12-10-23(11-13-24)28(36)32-25(20-35)19-22-7-4-3-5-8-22/h3-14,21,25,31,35H,15-20H2,1-2H3,(H,32,36)/t25-/m1/s1. The van der Waals surface area contributed by atoms with E-state index in [2.05, 4.69) is 34.4 Å². The molecule has 37 heavy (non-hydrogen) atoms. The third kappa shape index (κ3) is 6.86. The largest absolute Gasteiger partial charge is 0.394 e. The number of nitrogens with zero attached hydrogens (tertiary/aromatic N) is 3. The molecule has 2 heterocycles. The van der Waals surface area contributed by atoms with E-state index in [1.54, 1.807) is 30.5 Å². The molecule has 8 heteroatoms. The zero-order valence-electron chi connectivity index (χ0n) is 21.4. The van der Waals surface area contributed by atoms with Crippen molar-refractivity contribution in [3.63, 3.8) is 0 Å². The highest BCUT2D eigenvalue weighted by Crippen LogP contribution is 2.25. The summed E-state index contributed by atoms with van der Waals surface area (Å²) in [5, 5.41) is 16.0. The highest BCUT2D eigenvalue weighted by atomic mass is 16.3. The van der Waals surface area contributed by atoms with Crippen LogP contribution < -0.4 is 15.5 Å². The molecule has 8 nitrogen and oxygen atoms in total. The fourth-order valence-electron chi connectivity index (χ4n) is 4.47. The number of aliphatic hydroxyl groups excluding tert-OH is 1. The molecule has 0 saturated carbocycles. The van der Waals surface area contributed by atoms with Crippen LogP contribution >= 0.6 is 0 Å². The Balaban J connectivity index is 1.32. The monoisotopic (exact) mass is 501 g/mol. The van der Waals surface area contributed by atoms with Gasteiger partial charge in [-0.1, -0.05) is 30.3 Å². The number of pyridine rings is 1. The van der Waals surface area contributed by atoms with E-state index in [4.69, 9.17) is 0 Å². The second-order valence-electron chi connectivity index (χ2n) is 9.57. The number of rotatable bonds is 9. The lowest BCUT2D eigenvalue weighted by Gasteiger charge is -2.36. The van der Waals surface area contributed by atoms with Crippen LogP contribution in [0.15, 0.2) is 72.9 Å². The van der Waals surface area contributed by atoms with Crippen LogP contribution in [0.1, 0.15) is 40.1 Å². The van der Waals surface area contributed by atoms with Gasteiger partial charge in [0.15, 0.2) is 5.82 Å². The first-order chi connectivity index (χ1) is 17.9. The van der Waals surface area contributed by atoms with Gasteiger partial charge in [0.25, 0.3) is 11.8 Å². The Morgan fingerprint density at radius 2 is 1.59 bits per heavy atom. The SMILES string of the molecule is CC(C)Nc1cccnc1N1CCN(C(=O)c2ccc(C(=O)N[C@@H](CO)Cc3ccccc3)cc2)CC1. The number of carbonyl (C=O) groups excluding carboxylic acids is 2. The molecule has 194 valence electrons. The number of benzene rings is 2. The van der Waals surface area contributed by atoms with Crippen LogP contribution in [0.4, 0.5) is 11.5 Å². The summed E-state index contributed by atoms with van der Waals surface area (Å²) >= 11 is 0. The van der Waals surface area contributed by atoms with Crippen molar-refractivity contribution in [3.05, 3.63) is 89.6 Å². The molecule has 2 aromatic carbocycles. The molecule has 1 aliphatic heterocycles. The molecule has 0 spiro atoms. The van der Waals surface area contributed by atoms with E-state index >= 15 is 0 Å². The molecule has 3 N–H and O–H groups in total. The Morgan fingerprint density at radius 1 is 0.919 bits per heavy atom. The summed E-state index contributed by atoms with van der Waals surface area (Å²) < 4.78 is 0.